The van der Waals surface area contributed by atoms with E-state index in [0.717, 1.165) is 67.9 Å². The molecule has 9 rings (SSSR count). The Morgan fingerprint density at radius 3 is 0.929 bits per heavy atom. The molecule has 0 saturated heterocycles. The number of carbonyl (C=O) groups excluding carboxylic acids is 3. The van der Waals surface area contributed by atoms with E-state index in [-0.39, 0.29) is 79.6 Å². The van der Waals surface area contributed by atoms with E-state index in [2.05, 4.69) is 31.8 Å². The highest BCUT2D eigenvalue weighted by atomic mass is 32.2. The minimum Gasteiger partial charge on any atom is -0.497 e. The summed E-state index contributed by atoms with van der Waals surface area (Å²) in [7, 11) is 4.02. The number of ketones is 2. The Morgan fingerprint density at radius 2 is 0.699 bits per heavy atom. The third-order valence-corrected chi connectivity index (χ3v) is 25.6. The van der Waals surface area contributed by atoms with Crippen LogP contribution in [0.3, 0.4) is 0 Å². The van der Waals surface area contributed by atoms with Gasteiger partial charge in [0.25, 0.3) is 6.47 Å². The highest BCUT2D eigenvalue weighted by molar-refractivity contribution is 7.89. The number of benzene rings is 6. The van der Waals surface area contributed by atoms with Crippen LogP contribution in [0.5, 0.6) is 17.2 Å². The number of aromatic nitrogens is 6. The van der Waals surface area contributed by atoms with Gasteiger partial charge in [-0.3, -0.25) is 14.4 Å². The maximum Gasteiger partial charge on any atom is 0.295 e. The van der Waals surface area contributed by atoms with E-state index in [1.165, 1.54) is 41.2 Å². The van der Waals surface area contributed by atoms with Crippen LogP contribution < -0.4 is 19.9 Å². The average molecular weight is 1620 g/mol. The molecule has 616 valence electrons. The van der Waals surface area contributed by atoms with E-state index >= 15 is 0 Å². The number of nitrogens with two attached hydrogens (primary N) is 1. The Kier molecular flexibility index (Phi) is 36.1. The maximum absolute atomic E-state index is 13.1. The molecule has 6 aromatic carbocycles. The summed E-state index contributed by atoms with van der Waals surface area (Å²) in [4.78, 5) is 49.7. The number of carbonyl (C=O) groups is 3. The number of imidazole rings is 3. The van der Waals surface area contributed by atoms with Gasteiger partial charge in [0.1, 0.15) is 46.9 Å². The lowest BCUT2D eigenvalue weighted by Crippen LogP contribution is -2.33. The molecule has 0 amide bonds. The molecular weight excluding hydrogens is 1500 g/mol. The molecule has 3 atom stereocenters. The van der Waals surface area contributed by atoms with E-state index in [9.17, 15) is 39.6 Å². The maximum atomic E-state index is 13.1. The molecule has 0 fully saturated rings. The minimum atomic E-state index is -3.71. The first-order valence-corrected chi connectivity index (χ1v) is 41.0. The van der Waals surface area contributed by atoms with Gasteiger partial charge in [0.05, 0.1) is 72.9 Å². The normalized spacial score (nSPS) is 12.3. The van der Waals surface area contributed by atoms with Crippen LogP contribution in [-0.4, -0.2) is 185 Å². The standard InChI is InChI=1S/2C28H37N3O5S.C15H23NO6S.C12H15N3.CH4/c2*1-19-16-25(35-7)17-20(2)28(19)37(33,34)31(6)14-15-36-21(3)27(32)13-10-23-8-11-24(12-9-23)26-18-30(5)22(4)29-26;1-11-8-14(20-5)9-12(2)15(11)23(18,19)16(4)6-7-21-13(3)22-10-17;1-9-14-12(8-15(9)2)11-5-3-10(7-13)4-6-11;/h2*8-9,11-12,16-18,21H,10,13-15H2,1-7H3;8-10,13H,6-7H2,1-5H3;3-6,8H,7,13H2,1-2H3;1H4. The highest BCUT2D eigenvalue weighted by Crippen LogP contribution is 2.32. The summed E-state index contributed by atoms with van der Waals surface area (Å²) < 4.78 is 124. The Hall–Kier alpha value is -9.27. The van der Waals surface area contributed by atoms with Crippen molar-refractivity contribution in [2.24, 2.45) is 26.9 Å². The van der Waals surface area contributed by atoms with Gasteiger partial charge in [-0.1, -0.05) is 80.2 Å². The van der Waals surface area contributed by atoms with Crippen molar-refractivity contribution in [3.05, 3.63) is 195 Å². The van der Waals surface area contributed by atoms with E-state index < -0.39 is 48.6 Å². The van der Waals surface area contributed by atoms with Gasteiger partial charge in [-0.25, -0.2) is 40.2 Å². The Bertz CT molecular complexity index is 4650. The van der Waals surface area contributed by atoms with Gasteiger partial charge in [-0.2, -0.15) is 12.9 Å². The minimum absolute atomic E-state index is 0. The zero-order chi connectivity index (χ0) is 83.1. The molecule has 0 bridgehead atoms. The topological polar surface area (TPSA) is 307 Å². The lowest BCUT2D eigenvalue weighted by atomic mass is 10.0. The second-order valence-electron chi connectivity index (χ2n) is 27.5. The van der Waals surface area contributed by atoms with Crippen LogP contribution in [-0.2, 0) is 104 Å². The van der Waals surface area contributed by atoms with Gasteiger partial charge in [-0.15, -0.1) is 0 Å². The lowest BCUT2D eigenvalue weighted by Gasteiger charge is -2.21. The average Bonchev–Trinajstić information content (AvgIpc) is 1.61. The number of hydrogen-bond donors (Lipinski definition) is 1. The number of ether oxygens (including phenoxy) is 7. The van der Waals surface area contributed by atoms with Gasteiger partial charge in [-0.05, 0) is 182 Å². The zero-order valence-electron chi connectivity index (χ0n) is 68.6. The predicted octanol–water partition coefficient (Wildman–Crippen LogP) is 12.5. The summed E-state index contributed by atoms with van der Waals surface area (Å²) in [6.45, 7) is 23.0. The summed E-state index contributed by atoms with van der Waals surface area (Å²) in [5, 5.41) is 0. The molecule has 0 aliphatic carbocycles. The van der Waals surface area contributed by atoms with Crippen molar-refractivity contribution in [1.29, 1.82) is 0 Å². The quantitative estimate of drug-likeness (QED) is 0.0285. The van der Waals surface area contributed by atoms with Gasteiger partial charge >= 0.3 is 0 Å². The third kappa shape index (κ3) is 26.1. The van der Waals surface area contributed by atoms with Gasteiger partial charge in [0.2, 0.25) is 30.1 Å². The summed E-state index contributed by atoms with van der Waals surface area (Å²) in [6, 6.07) is 34.5. The number of Topliss-reactive ketones (excluding diaryl/α,β-unsaturated/α-hetero) is 2. The summed E-state index contributed by atoms with van der Waals surface area (Å²) >= 11 is 0. The molecule has 0 aliphatic heterocycles. The first-order chi connectivity index (χ1) is 52.8. The molecule has 2 N–H and O–H groups in total. The molecule has 0 aliphatic rings. The molecule has 113 heavy (non-hydrogen) atoms. The zero-order valence-corrected chi connectivity index (χ0v) is 71.0. The van der Waals surface area contributed by atoms with Crippen LogP contribution in [0.4, 0.5) is 0 Å². The van der Waals surface area contributed by atoms with E-state index in [1.54, 1.807) is 113 Å². The van der Waals surface area contributed by atoms with Crippen molar-refractivity contribution in [2.45, 2.75) is 156 Å². The summed E-state index contributed by atoms with van der Waals surface area (Å²) in [5.74, 6) is 4.74. The fraction of sp³-hybridized carbons (Fsp3) is 0.429. The smallest absolute Gasteiger partial charge is 0.295 e. The first kappa shape index (κ1) is 94.3. The number of rotatable bonds is 35. The Morgan fingerprint density at radius 1 is 0.442 bits per heavy atom. The molecule has 0 radical (unpaired) electrons. The SMILES string of the molecule is C.COc1cc(C)c(S(=O)(=O)N(C)CCOC(C)C(=O)CCc2ccc(-c3cn(C)c(C)n3)cc2)c(C)c1.COc1cc(C)c(S(=O)(=O)N(C)CCOC(C)C(=O)CCc2ccc(-c3cn(C)c(C)n3)cc2)c(C)c1.COc1cc(C)c(S(=O)(=O)N(C)CCOC(C)OC=O)c(C)c1.Cc1nc(-c2ccc(CN)cc2)cn1C. The van der Waals surface area contributed by atoms with Gasteiger partial charge in [0, 0.05) is 117 Å². The Balaban J connectivity index is 0.000000282. The van der Waals surface area contributed by atoms with E-state index in [1.807, 2.05) is 135 Å². The number of sulfonamides is 3. The van der Waals surface area contributed by atoms with E-state index in [4.69, 9.17) is 34.2 Å². The number of aryl methyl sites for hydroxylation is 14. The first-order valence-electron chi connectivity index (χ1n) is 36.6. The summed E-state index contributed by atoms with van der Waals surface area (Å²) in [6.07, 6.45) is 6.00. The van der Waals surface area contributed by atoms with Crippen molar-refractivity contribution in [3.8, 4) is 51.0 Å². The van der Waals surface area contributed by atoms with Crippen LogP contribution in [0, 0.1) is 62.3 Å². The number of nitrogens with zero attached hydrogens (tertiary/aromatic N) is 9. The number of methoxy groups -OCH3 is 3. The number of hydrogen-bond acceptors (Lipinski definition) is 20. The molecule has 9 aromatic rings. The molecule has 3 unspecified atom stereocenters. The molecule has 3 heterocycles. The molecule has 3 aromatic heterocycles. The highest BCUT2D eigenvalue weighted by Gasteiger charge is 2.29. The fourth-order valence-electron chi connectivity index (χ4n) is 12.0. The van der Waals surface area contributed by atoms with Crippen molar-refractivity contribution in [1.82, 2.24) is 41.6 Å². The van der Waals surface area contributed by atoms with Crippen LogP contribution in [0.25, 0.3) is 33.8 Å². The lowest BCUT2D eigenvalue weighted by molar-refractivity contribution is -0.159. The molecule has 0 spiro atoms. The largest absolute Gasteiger partial charge is 0.497 e. The third-order valence-electron chi connectivity index (χ3n) is 19.1. The van der Waals surface area contributed by atoms with Crippen LogP contribution in [0.2, 0.25) is 0 Å². The molecule has 0 saturated carbocycles. The number of likely N-dealkylation sites (N-methyl/N-ethyl adjacent to an activating group) is 3. The van der Waals surface area contributed by atoms with Gasteiger partial charge in [0.15, 0.2) is 17.9 Å². The predicted molar refractivity (Wildman–Crippen MR) is 442 cm³/mol. The Labute approximate surface area is 669 Å². The van der Waals surface area contributed by atoms with Crippen molar-refractivity contribution in [3.63, 3.8) is 0 Å². The summed E-state index contributed by atoms with van der Waals surface area (Å²) in [5.41, 5.74) is 18.6. The second kappa shape index (κ2) is 43.3. The van der Waals surface area contributed by atoms with Crippen molar-refractivity contribution in [2.75, 3.05) is 81.9 Å². The van der Waals surface area contributed by atoms with Crippen molar-refractivity contribution >= 4 is 48.1 Å². The van der Waals surface area contributed by atoms with Crippen LogP contribution in [0.15, 0.2) is 142 Å². The molecular formula is C84H116N10O16S3. The van der Waals surface area contributed by atoms with Crippen LogP contribution >= 0.6 is 0 Å². The molecule has 26 nitrogen and oxygen atoms in total. The van der Waals surface area contributed by atoms with Crippen molar-refractivity contribution < 1.29 is 72.8 Å². The second-order valence-corrected chi connectivity index (χ2v) is 33.5. The van der Waals surface area contributed by atoms with E-state index in [0.29, 0.717) is 82.9 Å². The van der Waals surface area contributed by atoms with Crippen LogP contribution in [0.1, 0.15) is 109 Å². The fourth-order valence-corrected chi connectivity index (χ4v) is 16.7. The monoisotopic (exact) mass is 1620 g/mol. The van der Waals surface area contributed by atoms with Gasteiger partial charge < -0.3 is 52.6 Å². The molecule has 29 heteroatoms.